The number of halogens is 1. The minimum atomic E-state index is -0.475. The van der Waals surface area contributed by atoms with Gasteiger partial charge in [-0.05, 0) is 54.2 Å². The van der Waals surface area contributed by atoms with Gasteiger partial charge in [-0.2, -0.15) is 0 Å². The summed E-state index contributed by atoms with van der Waals surface area (Å²) in [5.74, 6) is 0.733. The first-order valence-corrected chi connectivity index (χ1v) is 14.1. The van der Waals surface area contributed by atoms with Crippen molar-refractivity contribution in [2.75, 3.05) is 34.0 Å². The molecular weight excluding hydrogens is 502 g/mol. The van der Waals surface area contributed by atoms with Crippen molar-refractivity contribution in [3.05, 3.63) is 45.3 Å². The Morgan fingerprint density at radius 1 is 0.921 bits per heavy atom. The largest absolute Gasteiger partial charge is 0.493 e. The van der Waals surface area contributed by atoms with Crippen LogP contribution >= 0.6 is 11.6 Å². The third kappa shape index (κ3) is 5.53. The van der Waals surface area contributed by atoms with Crippen LogP contribution in [0.25, 0.3) is 0 Å². The molecule has 0 amide bonds. The Morgan fingerprint density at radius 2 is 1.50 bits per heavy atom. The second-order valence-corrected chi connectivity index (χ2v) is 12.8. The number of ketones is 2. The van der Waals surface area contributed by atoms with E-state index in [2.05, 4.69) is 32.6 Å². The van der Waals surface area contributed by atoms with E-state index >= 15 is 0 Å². The minimum absolute atomic E-state index is 0.101. The SMILES string of the molecule is CCCOc1c(Cl)cc(C2C3=C(CC(C)(C)CC3=O)N(CCCOC)C3=C2C(=O)CC(C)(C)C3)cc1OC. The lowest BCUT2D eigenvalue weighted by molar-refractivity contribution is -0.119. The van der Waals surface area contributed by atoms with Gasteiger partial charge in [0.2, 0.25) is 0 Å². The first-order valence-electron chi connectivity index (χ1n) is 13.7. The molecule has 208 valence electrons. The van der Waals surface area contributed by atoms with Crippen LogP contribution in [-0.4, -0.2) is 50.4 Å². The molecule has 0 spiro atoms. The van der Waals surface area contributed by atoms with Crippen molar-refractivity contribution in [3.8, 4) is 11.5 Å². The van der Waals surface area contributed by atoms with Crippen LogP contribution in [0.1, 0.15) is 84.6 Å². The Labute approximate surface area is 232 Å². The van der Waals surface area contributed by atoms with Gasteiger partial charge < -0.3 is 19.1 Å². The number of Topliss-reactive ketones (excluding diaryl/α,β-unsaturated/α-hetero) is 2. The summed E-state index contributed by atoms with van der Waals surface area (Å²) in [5.41, 5.74) is 4.01. The highest BCUT2D eigenvalue weighted by Gasteiger charge is 2.49. The van der Waals surface area contributed by atoms with Crippen LogP contribution in [-0.2, 0) is 14.3 Å². The van der Waals surface area contributed by atoms with Crippen LogP contribution in [0.2, 0.25) is 5.02 Å². The first-order chi connectivity index (χ1) is 17.9. The zero-order valence-corrected chi connectivity index (χ0v) is 24.7. The van der Waals surface area contributed by atoms with Crippen LogP contribution in [0, 0.1) is 10.8 Å². The molecule has 0 N–H and O–H groups in total. The molecule has 0 saturated heterocycles. The zero-order valence-electron chi connectivity index (χ0n) is 24.0. The third-order valence-corrected chi connectivity index (χ3v) is 8.07. The van der Waals surface area contributed by atoms with E-state index in [-0.39, 0.29) is 22.4 Å². The molecule has 2 aliphatic carbocycles. The number of benzene rings is 1. The van der Waals surface area contributed by atoms with E-state index in [1.165, 1.54) is 0 Å². The van der Waals surface area contributed by atoms with Gasteiger partial charge in [0.1, 0.15) is 0 Å². The fourth-order valence-corrected chi connectivity index (χ4v) is 6.54. The maximum Gasteiger partial charge on any atom is 0.179 e. The Kier molecular flexibility index (Phi) is 8.34. The third-order valence-electron chi connectivity index (χ3n) is 7.79. The molecule has 1 heterocycles. The molecule has 0 unspecified atom stereocenters. The van der Waals surface area contributed by atoms with Gasteiger partial charge in [-0.25, -0.2) is 0 Å². The van der Waals surface area contributed by atoms with Crippen LogP contribution in [0.4, 0.5) is 0 Å². The molecule has 1 aromatic rings. The Morgan fingerprint density at radius 3 is 2.00 bits per heavy atom. The Bertz CT molecular complexity index is 1120. The van der Waals surface area contributed by atoms with Crippen molar-refractivity contribution < 1.29 is 23.8 Å². The van der Waals surface area contributed by atoms with Crippen molar-refractivity contribution in [1.82, 2.24) is 4.90 Å². The molecule has 0 saturated carbocycles. The number of methoxy groups -OCH3 is 2. The van der Waals surface area contributed by atoms with Crippen LogP contribution in [0.15, 0.2) is 34.7 Å². The molecule has 4 rings (SSSR count). The molecule has 0 atom stereocenters. The average molecular weight is 544 g/mol. The van der Waals surface area contributed by atoms with E-state index in [0.717, 1.165) is 53.8 Å². The van der Waals surface area contributed by atoms with Crippen molar-refractivity contribution in [2.24, 2.45) is 10.8 Å². The first kappa shape index (κ1) is 28.7. The molecule has 0 fully saturated rings. The summed E-state index contributed by atoms with van der Waals surface area (Å²) in [6.45, 7) is 12.5. The van der Waals surface area contributed by atoms with Gasteiger partial charge in [0.15, 0.2) is 23.1 Å². The van der Waals surface area contributed by atoms with E-state index in [1.807, 2.05) is 19.1 Å². The lowest BCUT2D eigenvalue weighted by Gasteiger charge is -2.49. The van der Waals surface area contributed by atoms with E-state index in [0.29, 0.717) is 49.1 Å². The van der Waals surface area contributed by atoms with Crippen LogP contribution in [0.5, 0.6) is 11.5 Å². The fourth-order valence-electron chi connectivity index (χ4n) is 6.27. The van der Waals surface area contributed by atoms with Crippen LogP contribution < -0.4 is 9.47 Å². The highest BCUT2D eigenvalue weighted by atomic mass is 35.5. The second kappa shape index (κ2) is 11.1. The maximum atomic E-state index is 13.9. The molecular formula is C31H42ClNO5. The van der Waals surface area contributed by atoms with E-state index in [9.17, 15) is 9.59 Å². The van der Waals surface area contributed by atoms with E-state index in [1.54, 1.807) is 14.2 Å². The lowest BCUT2D eigenvalue weighted by Crippen LogP contribution is -2.44. The molecule has 38 heavy (non-hydrogen) atoms. The zero-order chi connectivity index (χ0) is 27.8. The Balaban J connectivity index is 1.96. The molecule has 0 bridgehead atoms. The highest BCUT2D eigenvalue weighted by molar-refractivity contribution is 6.32. The maximum absolute atomic E-state index is 13.9. The summed E-state index contributed by atoms with van der Waals surface area (Å²) in [6, 6.07) is 3.76. The van der Waals surface area contributed by atoms with Gasteiger partial charge in [-0.3, -0.25) is 9.59 Å². The number of rotatable bonds is 9. The number of nitrogens with zero attached hydrogens (tertiary/aromatic N) is 1. The summed E-state index contributed by atoms with van der Waals surface area (Å²) in [5, 5.41) is 0.423. The molecule has 0 aromatic heterocycles. The number of ether oxygens (including phenoxy) is 3. The summed E-state index contributed by atoms with van der Waals surface area (Å²) in [6.07, 6.45) is 4.07. The summed E-state index contributed by atoms with van der Waals surface area (Å²) in [7, 11) is 3.29. The predicted octanol–water partition coefficient (Wildman–Crippen LogP) is 6.86. The lowest BCUT2D eigenvalue weighted by atomic mass is 9.63. The van der Waals surface area contributed by atoms with Crippen molar-refractivity contribution >= 4 is 23.2 Å². The van der Waals surface area contributed by atoms with Crippen molar-refractivity contribution in [1.29, 1.82) is 0 Å². The molecule has 1 aliphatic heterocycles. The fraction of sp³-hybridized carbons (Fsp3) is 0.613. The van der Waals surface area contributed by atoms with Crippen molar-refractivity contribution in [3.63, 3.8) is 0 Å². The second-order valence-electron chi connectivity index (χ2n) is 12.4. The number of allylic oxidation sites excluding steroid dienone is 4. The Hall–Kier alpha value is -2.31. The van der Waals surface area contributed by atoms with Gasteiger partial charge in [0, 0.05) is 61.6 Å². The highest BCUT2D eigenvalue weighted by Crippen LogP contribution is 2.55. The molecule has 1 aromatic carbocycles. The van der Waals surface area contributed by atoms with Gasteiger partial charge in [-0.1, -0.05) is 46.2 Å². The quantitative estimate of drug-likeness (QED) is 0.317. The summed E-state index contributed by atoms with van der Waals surface area (Å²) >= 11 is 6.76. The summed E-state index contributed by atoms with van der Waals surface area (Å²) < 4.78 is 17.0. The average Bonchev–Trinajstić information content (AvgIpc) is 2.81. The molecule has 6 nitrogen and oxygen atoms in total. The van der Waals surface area contributed by atoms with Crippen LogP contribution in [0.3, 0.4) is 0 Å². The van der Waals surface area contributed by atoms with Gasteiger partial charge in [0.25, 0.3) is 0 Å². The number of carbonyl (C=O) groups excluding carboxylic acids is 2. The standard InChI is InChI=1S/C31H42ClNO5/c1-8-11-38-29-20(32)13-19(14-25(29)37-7)26-27-21(15-30(2,3)17-23(27)34)33(10-9-12-36-6)22-16-31(4,5)18-24(35)28(22)26/h13-14,26H,8-12,15-18H2,1-7H3. The van der Waals surface area contributed by atoms with Crippen molar-refractivity contribution in [2.45, 2.75) is 79.1 Å². The smallest absolute Gasteiger partial charge is 0.179 e. The molecule has 7 heteroatoms. The van der Waals surface area contributed by atoms with Gasteiger partial charge in [0.05, 0.1) is 18.7 Å². The van der Waals surface area contributed by atoms with Gasteiger partial charge in [-0.15, -0.1) is 0 Å². The van der Waals surface area contributed by atoms with E-state index < -0.39 is 5.92 Å². The number of hydrogen-bond acceptors (Lipinski definition) is 6. The summed E-state index contributed by atoms with van der Waals surface area (Å²) in [4.78, 5) is 30.1. The predicted molar refractivity (Wildman–Crippen MR) is 150 cm³/mol. The number of carbonyl (C=O) groups is 2. The normalized spacial score (nSPS) is 21.0. The topological polar surface area (TPSA) is 65.1 Å². The number of hydrogen-bond donors (Lipinski definition) is 0. The monoisotopic (exact) mass is 543 g/mol. The molecule has 3 aliphatic rings. The minimum Gasteiger partial charge on any atom is -0.493 e. The van der Waals surface area contributed by atoms with E-state index in [4.69, 9.17) is 25.8 Å². The van der Waals surface area contributed by atoms with Gasteiger partial charge >= 0.3 is 0 Å². The molecule has 0 radical (unpaired) electrons.